The Labute approximate surface area is 103 Å². The topological polar surface area (TPSA) is 24.1 Å². The van der Waals surface area contributed by atoms with Crippen LogP contribution in [0, 0.1) is 5.82 Å². The van der Waals surface area contributed by atoms with Gasteiger partial charge < -0.3 is 10.6 Å². The molecule has 0 aromatic heterocycles. The molecule has 1 saturated heterocycles. The van der Waals surface area contributed by atoms with E-state index in [1.54, 1.807) is 12.1 Å². The van der Waals surface area contributed by atoms with Crippen molar-refractivity contribution in [2.24, 2.45) is 0 Å². The second-order valence-electron chi connectivity index (χ2n) is 4.74. The number of halogens is 1. The normalized spacial score (nSPS) is 20.4. The highest BCUT2D eigenvalue weighted by Crippen LogP contribution is 2.09. The number of piperidine rings is 1. The molecular formula is C14H21FN2. The van der Waals surface area contributed by atoms with Gasteiger partial charge in [-0.25, -0.2) is 4.39 Å². The van der Waals surface area contributed by atoms with Crippen LogP contribution in [0.4, 0.5) is 4.39 Å². The lowest BCUT2D eigenvalue weighted by molar-refractivity contribution is 0.376. The summed E-state index contributed by atoms with van der Waals surface area (Å²) in [4.78, 5) is 0. The molecule has 1 aromatic carbocycles. The van der Waals surface area contributed by atoms with Crippen molar-refractivity contribution >= 4 is 0 Å². The minimum absolute atomic E-state index is 0.154. The van der Waals surface area contributed by atoms with Crippen LogP contribution in [0.3, 0.4) is 0 Å². The maximum atomic E-state index is 12.9. The van der Waals surface area contributed by atoms with E-state index < -0.39 is 0 Å². The molecule has 0 spiro atoms. The van der Waals surface area contributed by atoms with E-state index >= 15 is 0 Å². The van der Waals surface area contributed by atoms with Crippen LogP contribution in [0.5, 0.6) is 0 Å². The molecule has 2 N–H and O–H groups in total. The van der Waals surface area contributed by atoms with Crippen molar-refractivity contribution in [1.29, 1.82) is 0 Å². The van der Waals surface area contributed by atoms with Crippen molar-refractivity contribution in [3.63, 3.8) is 0 Å². The molecule has 0 amide bonds. The third-order valence-corrected chi connectivity index (χ3v) is 3.30. The Morgan fingerprint density at radius 3 is 3.06 bits per heavy atom. The second kappa shape index (κ2) is 6.72. The van der Waals surface area contributed by atoms with E-state index in [0.717, 1.165) is 31.6 Å². The molecular weight excluding hydrogens is 215 g/mol. The SMILES string of the molecule is Fc1cccc(CNCCC2CCCCN2)c1. The van der Waals surface area contributed by atoms with Crippen molar-refractivity contribution in [1.82, 2.24) is 10.6 Å². The van der Waals surface area contributed by atoms with Crippen LogP contribution < -0.4 is 10.6 Å². The van der Waals surface area contributed by atoms with Crippen molar-refractivity contribution in [2.45, 2.75) is 38.3 Å². The number of rotatable bonds is 5. The summed E-state index contributed by atoms with van der Waals surface area (Å²) in [7, 11) is 0. The molecule has 2 nitrogen and oxygen atoms in total. The van der Waals surface area contributed by atoms with E-state index in [-0.39, 0.29) is 5.82 Å². The van der Waals surface area contributed by atoms with Gasteiger partial charge in [-0.05, 0) is 50.0 Å². The molecule has 0 bridgehead atoms. The van der Waals surface area contributed by atoms with E-state index in [1.807, 2.05) is 6.07 Å². The molecule has 1 unspecified atom stereocenters. The second-order valence-corrected chi connectivity index (χ2v) is 4.74. The summed E-state index contributed by atoms with van der Waals surface area (Å²) in [6, 6.07) is 7.45. The predicted octanol–water partition coefficient (Wildman–Crippen LogP) is 2.45. The zero-order chi connectivity index (χ0) is 11.9. The van der Waals surface area contributed by atoms with Gasteiger partial charge >= 0.3 is 0 Å². The van der Waals surface area contributed by atoms with E-state index in [9.17, 15) is 4.39 Å². The summed E-state index contributed by atoms with van der Waals surface area (Å²) in [5.74, 6) is -0.154. The molecule has 94 valence electrons. The Balaban J connectivity index is 1.62. The van der Waals surface area contributed by atoms with E-state index in [4.69, 9.17) is 0 Å². The van der Waals surface area contributed by atoms with Crippen LogP contribution in [0.1, 0.15) is 31.2 Å². The highest BCUT2D eigenvalue weighted by atomic mass is 19.1. The lowest BCUT2D eigenvalue weighted by Gasteiger charge is -2.23. The zero-order valence-electron chi connectivity index (χ0n) is 10.2. The fourth-order valence-electron chi connectivity index (χ4n) is 2.33. The van der Waals surface area contributed by atoms with Gasteiger partial charge in [-0.15, -0.1) is 0 Å². The zero-order valence-corrected chi connectivity index (χ0v) is 10.2. The van der Waals surface area contributed by atoms with Crippen LogP contribution in [0.2, 0.25) is 0 Å². The quantitative estimate of drug-likeness (QED) is 0.767. The molecule has 1 heterocycles. The Kier molecular flexibility index (Phi) is 4.95. The summed E-state index contributed by atoms with van der Waals surface area (Å²) in [5, 5.41) is 6.90. The number of hydrogen-bond donors (Lipinski definition) is 2. The van der Waals surface area contributed by atoms with Gasteiger partial charge in [-0.2, -0.15) is 0 Å². The highest BCUT2D eigenvalue weighted by molar-refractivity contribution is 5.15. The first-order valence-electron chi connectivity index (χ1n) is 6.53. The number of benzene rings is 1. The minimum Gasteiger partial charge on any atom is -0.314 e. The number of hydrogen-bond acceptors (Lipinski definition) is 2. The van der Waals surface area contributed by atoms with Crippen molar-refractivity contribution in [3.8, 4) is 0 Å². The van der Waals surface area contributed by atoms with Gasteiger partial charge in [0.1, 0.15) is 5.82 Å². The van der Waals surface area contributed by atoms with Gasteiger partial charge in [0.05, 0.1) is 0 Å². The molecule has 1 atom stereocenters. The molecule has 17 heavy (non-hydrogen) atoms. The van der Waals surface area contributed by atoms with Crippen LogP contribution in [0.25, 0.3) is 0 Å². The maximum absolute atomic E-state index is 12.9. The summed E-state index contributed by atoms with van der Waals surface area (Å²) in [5.41, 5.74) is 1.02. The predicted molar refractivity (Wildman–Crippen MR) is 68.4 cm³/mol. The number of nitrogens with one attached hydrogen (secondary N) is 2. The average molecular weight is 236 g/mol. The fraction of sp³-hybridized carbons (Fsp3) is 0.571. The molecule has 0 radical (unpaired) electrons. The van der Waals surface area contributed by atoms with Crippen LogP contribution in [-0.4, -0.2) is 19.1 Å². The van der Waals surface area contributed by atoms with Crippen LogP contribution in [0.15, 0.2) is 24.3 Å². The molecule has 0 saturated carbocycles. The first kappa shape index (κ1) is 12.5. The summed E-state index contributed by atoms with van der Waals surface area (Å²) < 4.78 is 12.9. The van der Waals surface area contributed by atoms with Gasteiger partial charge in [0, 0.05) is 12.6 Å². The van der Waals surface area contributed by atoms with Gasteiger partial charge in [-0.1, -0.05) is 18.6 Å². The standard InChI is InChI=1S/C14H21FN2/c15-13-5-3-4-12(10-13)11-16-9-7-14-6-1-2-8-17-14/h3-5,10,14,16-17H,1-2,6-9,11H2. The smallest absolute Gasteiger partial charge is 0.123 e. The third kappa shape index (κ3) is 4.44. The maximum Gasteiger partial charge on any atom is 0.123 e. The van der Waals surface area contributed by atoms with Crippen molar-refractivity contribution in [2.75, 3.05) is 13.1 Å². The fourth-order valence-corrected chi connectivity index (χ4v) is 2.33. The summed E-state index contributed by atoms with van der Waals surface area (Å²) in [6.07, 6.45) is 5.12. The van der Waals surface area contributed by atoms with E-state index in [2.05, 4.69) is 10.6 Å². The molecule has 1 fully saturated rings. The molecule has 1 aliphatic heterocycles. The van der Waals surface area contributed by atoms with Gasteiger partial charge in [0.25, 0.3) is 0 Å². The Bertz CT molecular complexity index is 335. The molecule has 0 aliphatic carbocycles. The Morgan fingerprint density at radius 1 is 1.35 bits per heavy atom. The van der Waals surface area contributed by atoms with Gasteiger partial charge in [0.2, 0.25) is 0 Å². The Hall–Kier alpha value is -0.930. The van der Waals surface area contributed by atoms with Gasteiger partial charge in [-0.3, -0.25) is 0 Å². The molecule has 2 rings (SSSR count). The van der Waals surface area contributed by atoms with Gasteiger partial charge in [0.15, 0.2) is 0 Å². The molecule has 1 aliphatic rings. The van der Waals surface area contributed by atoms with Crippen LogP contribution >= 0.6 is 0 Å². The molecule has 3 heteroatoms. The third-order valence-electron chi connectivity index (χ3n) is 3.30. The van der Waals surface area contributed by atoms with E-state index in [0.29, 0.717) is 6.04 Å². The Morgan fingerprint density at radius 2 is 2.29 bits per heavy atom. The van der Waals surface area contributed by atoms with Crippen molar-refractivity contribution in [3.05, 3.63) is 35.6 Å². The summed E-state index contributed by atoms with van der Waals surface area (Å²) >= 11 is 0. The summed E-state index contributed by atoms with van der Waals surface area (Å²) in [6.45, 7) is 2.91. The average Bonchev–Trinajstić information content (AvgIpc) is 2.36. The van der Waals surface area contributed by atoms with Crippen LogP contribution in [-0.2, 0) is 6.54 Å². The van der Waals surface area contributed by atoms with E-state index in [1.165, 1.54) is 25.3 Å². The lowest BCUT2D eigenvalue weighted by atomic mass is 10.0. The first-order chi connectivity index (χ1) is 8.34. The lowest BCUT2D eigenvalue weighted by Crippen LogP contribution is -2.36. The molecule has 1 aromatic rings. The monoisotopic (exact) mass is 236 g/mol. The minimum atomic E-state index is -0.154. The first-order valence-corrected chi connectivity index (χ1v) is 6.53. The highest BCUT2D eigenvalue weighted by Gasteiger charge is 2.11. The largest absolute Gasteiger partial charge is 0.314 e. The van der Waals surface area contributed by atoms with Crippen molar-refractivity contribution < 1.29 is 4.39 Å².